The van der Waals surface area contributed by atoms with E-state index in [-0.39, 0.29) is 5.91 Å². The van der Waals surface area contributed by atoms with Gasteiger partial charge in [0.15, 0.2) is 0 Å². The maximum absolute atomic E-state index is 11.9. The van der Waals surface area contributed by atoms with E-state index in [1.165, 1.54) is 0 Å². The summed E-state index contributed by atoms with van der Waals surface area (Å²) in [4.78, 5) is 14.9. The van der Waals surface area contributed by atoms with Crippen molar-refractivity contribution >= 4 is 39.3 Å². The van der Waals surface area contributed by atoms with Crippen LogP contribution in [0.1, 0.15) is 6.42 Å². The van der Waals surface area contributed by atoms with Crippen LogP contribution in [0.2, 0.25) is 0 Å². The summed E-state index contributed by atoms with van der Waals surface area (Å²) < 4.78 is 1.05. The number of rotatable bonds is 2. The molecule has 2 rings (SSSR count). The highest BCUT2D eigenvalue weighted by Crippen LogP contribution is 2.36. The number of carbonyl (C=O) groups is 1. The standard InChI is InChI=1S/C11H13BrN2OS/c12-8-1-2-9-10(7-8)16-6-5-14(9)11(15)3-4-13/h1-2,7H,3-6,13H2. The van der Waals surface area contributed by atoms with Crippen molar-refractivity contribution in [1.29, 1.82) is 0 Å². The summed E-state index contributed by atoms with van der Waals surface area (Å²) in [6.45, 7) is 1.19. The Morgan fingerprint density at radius 2 is 2.38 bits per heavy atom. The van der Waals surface area contributed by atoms with Crippen LogP contribution < -0.4 is 10.6 Å². The van der Waals surface area contributed by atoms with Crippen molar-refractivity contribution in [3.8, 4) is 0 Å². The Kier molecular flexibility index (Phi) is 3.89. The summed E-state index contributed by atoms with van der Waals surface area (Å²) in [5, 5.41) is 0. The van der Waals surface area contributed by atoms with Crippen molar-refractivity contribution in [2.24, 2.45) is 5.73 Å². The monoisotopic (exact) mass is 300 g/mol. The number of amides is 1. The van der Waals surface area contributed by atoms with Crippen LogP contribution in [-0.4, -0.2) is 24.7 Å². The zero-order valence-corrected chi connectivity index (χ0v) is 11.2. The molecule has 0 saturated heterocycles. The Bertz CT molecular complexity index is 411. The molecule has 3 nitrogen and oxygen atoms in total. The normalized spacial score (nSPS) is 14.8. The third-order valence-corrected chi connectivity index (χ3v) is 3.96. The van der Waals surface area contributed by atoms with E-state index >= 15 is 0 Å². The Labute approximate surface area is 108 Å². The molecule has 16 heavy (non-hydrogen) atoms. The van der Waals surface area contributed by atoms with Crippen LogP contribution in [0, 0.1) is 0 Å². The molecule has 1 aromatic carbocycles. The van der Waals surface area contributed by atoms with Gasteiger partial charge in [-0.05, 0) is 18.2 Å². The highest BCUT2D eigenvalue weighted by molar-refractivity contribution is 9.10. The first kappa shape index (κ1) is 12.0. The summed E-state index contributed by atoms with van der Waals surface area (Å²) in [7, 11) is 0. The lowest BCUT2D eigenvalue weighted by molar-refractivity contribution is -0.118. The molecule has 86 valence electrons. The molecule has 0 saturated carbocycles. The fourth-order valence-corrected chi connectivity index (χ4v) is 3.25. The van der Waals surface area contributed by atoms with Gasteiger partial charge in [0.2, 0.25) is 5.91 Å². The van der Waals surface area contributed by atoms with Crippen LogP contribution in [0.3, 0.4) is 0 Å². The molecule has 0 spiro atoms. The smallest absolute Gasteiger partial charge is 0.228 e. The third-order valence-electron chi connectivity index (χ3n) is 2.44. The fourth-order valence-electron chi connectivity index (χ4n) is 1.71. The number of fused-ring (bicyclic) bond motifs is 1. The van der Waals surface area contributed by atoms with Crippen molar-refractivity contribution in [2.75, 3.05) is 23.7 Å². The summed E-state index contributed by atoms with van der Waals surface area (Å²) >= 11 is 5.23. The maximum atomic E-state index is 11.9. The van der Waals surface area contributed by atoms with Crippen LogP contribution in [0.5, 0.6) is 0 Å². The summed E-state index contributed by atoms with van der Waals surface area (Å²) in [6.07, 6.45) is 0.417. The van der Waals surface area contributed by atoms with Gasteiger partial charge in [0.1, 0.15) is 0 Å². The summed E-state index contributed by atoms with van der Waals surface area (Å²) in [5.74, 6) is 1.06. The van der Waals surface area contributed by atoms with E-state index in [9.17, 15) is 4.79 Å². The highest BCUT2D eigenvalue weighted by atomic mass is 79.9. The van der Waals surface area contributed by atoms with Gasteiger partial charge in [-0.1, -0.05) is 15.9 Å². The lowest BCUT2D eigenvalue weighted by atomic mass is 10.2. The average Bonchev–Trinajstić information content (AvgIpc) is 2.28. The van der Waals surface area contributed by atoms with Gasteiger partial charge < -0.3 is 10.6 Å². The van der Waals surface area contributed by atoms with E-state index in [0.29, 0.717) is 13.0 Å². The van der Waals surface area contributed by atoms with E-state index in [1.807, 2.05) is 17.0 Å². The Balaban J connectivity index is 2.29. The van der Waals surface area contributed by atoms with Crippen molar-refractivity contribution < 1.29 is 4.79 Å². The molecule has 1 heterocycles. The largest absolute Gasteiger partial charge is 0.330 e. The van der Waals surface area contributed by atoms with E-state index in [0.717, 1.165) is 27.4 Å². The van der Waals surface area contributed by atoms with E-state index in [2.05, 4.69) is 22.0 Å². The van der Waals surface area contributed by atoms with Crippen molar-refractivity contribution in [2.45, 2.75) is 11.3 Å². The first-order valence-electron chi connectivity index (χ1n) is 5.15. The van der Waals surface area contributed by atoms with Gasteiger partial charge in [-0.2, -0.15) is 0 Å². The number of carbonyl (C=O) groups excluding carboxylic acids is 1. The number of hydrogen-bond donors (Lipinski definition) is 1. The Morgan fingerprint density at radius 3 is 3.12 bits per heavy atom. The first-order valence-corrected chi connectivity index (χ1v) is 6.93. The van der Waals surface area contributed by atoms with Gasteiger partial charge in [0, 0.05) is 34.6 Å². The van der Waals surface area contributed by atoms with Gasteiger partial charge in [-0.25, -0.2) is 0 Å². The number of halogens is 1. The number of hydrogen-bond acceptors (Lipinski definition) is 3. The first-order chi connectivity index (χ1) is 7.72. The van der Waals surface area contributed by atoms with Crippen LogP contribution in [0.15, 0.2) is 27.6 Å². The average molecular weight is 301 g/mol. The molecule has 0 aromatic heterocycles. The van der Waals surface area contributed by atoms with Crippen LogP contribution in [0.25, 0.3) is 0 Å². The summed E-state index contributed by atoms with van der Waals surface area (Å²) in [6, 6.07) is 6.01. The summed E-state index contributed by atoms with van der Waals surface area (Å²) in [5.41, 5.74) is 6.43. The molecular weight excluding hydrogens is 288 g/mol. The lowest BCUT2D eigenvalue weighted by Gasteiger charge is -2.29. The molecule has 5 heteroatoms. The van der Waals surface area contributed by atoms with Gasteiger partial charge in [0.25, 0.3) is 0 Å². The van der Waals surface area contributed by atoms with E-state index in [4.69, 9.17) is 5.73 Å². The second-order valence-corrected chi connectivity index (χ2v) is 5.60. The predicted octanol–water partition coefficient (Wildman–Crippen LogP) is 2.24. The fraction of sp³-hybridized carbons (Fsp3) is 0.364. The number of benzene rings is 1. The van der Waals surface area contributed by atoms with Gasteiger partial charge in [-0.3, -0.25) is 4.79 Å². The molecule has 0 aliphatic carbocycles. The second-order valence-electron chi connectivity index (χ2n) is 3.54. The van der Waals surface area contributed by atoms with Crippen molar-refractivity contribution in [3.05, 3.63) is 22.7 Å². The second kappa shape index (κ2) is 5.21. The molecule has 0 unspecified atom stereocenters. The SMILES string of the molecule is NCCC(=O)N1CCSc2cc(Br)ccc21. The minimum absolute atomic E-state index is 0.117. The van der Waals surface area contributed by atoms with Gasteiger partial charge in [-0.15, -0.1) is 11.8 Å². The molecule has 1 aromatic rings. The molecular formula is C11H13BrN2OS. The molecule has 1 aliphatic heterocycles. The number of thioether (sulfide) groups is 1. The Hall–Kier alpha value is -0.520. The number of nitrogens with zero attached hydrogens (tertiary/aromatic N) is 1. The molecule has 1 aliphatic rings. The zero-order chi connectivity index (χ0) is 11.5. The minimum atomic E-state index is 0.117. The van der Waals surface area contributed by atoms with Crippen molar-refractivity contribution in [1.82, 2.24) is 0 Å². The molecule has 0 fully saturated rings. The third kappa shape index (κ3) is 2.42. The molecule has 0 atom stereocenters. The molecule has 1 amide bonds. The topological polar surface area (TPSA) is 46.3 Å². The highest BCUT2D eigenvalue weighted by Gasteiger charge is 2.22. The van der Waals surface area contributed by atoms with E-state index in [1.54, 1.807) is 11.8 Å². The number of anilines is 1. The Morgan fingerprint density at radius 1 is 1.56 bits per heavy atom. The van der Waals surface area contributed by atoms with Gasteiger partial charge >= 0.3 is 0 Å². The maximum Gasteiger partial charge on any atom is 0.228 e. The molecule has 2 N–H and O–H groups in total. The predicted molar refractivity (Wildman–Crippen MR) is 70.9 cm³/mol. The van der Waals surface area contributed by atoms with Crippen LogP contribution in [-0.2, 0) is 4.79 Å². The minimum Gasteiger partial charge on any atom is -0.330 e. The molecule has 0 radical (unpaired) electrons. The zero-order valence-electron chi connectivity index (χ0n) is 8.78. The van der Waals surface area contributed by atoms with Crippen LogP contribution in [0.4, 0.5) is 5.69 Å². The van der Waals surface area contributed by atoms with Crippen molar-refractivity contribution in [3.63, 3.8) is 0 Å². The number of nitrogens with two attached hydrogens (primary N) is 1. The molecule has 0 bridgehead atoms. The van der Waals surface area contributed by atoms with Gasteiger partial charge in [0.05, 0.1) is 5.69 Å². The van der Waals surface area contributed by atoms with Crippen LogP contribution >= 0.6 is 27.7 Å². The van der Waals surface area contributed by atoms with E-state index < -0.39 is 0 Å². The quantitative estimate of drug-likeness (QED) is 0.911. The lowest BCUT2D eigenvalue weighted by Crippen LogP contribution is -2.36.